The van der Waals surface area contributed by atoms with Gasteiger partial charge in [-0.15, -0.1) is 0 Å². The van der Waals surface area contributed by atoms with Crippen molar-refractivity contribution in [3.05, 3.63) is 29.8 Å². The highest BCUT2D eigenvalue weighted by Gasteiger charge is 2.29. The van der Waals surface area contributed by atoms with E-state index in [-0.39, 0.29) is 30.1 Å². The lowest BCUT2D eigenvalue weighted by atomic mass is 10.2. The molecule has 0 aromatic heterocycles. The van der Waals surface area contributed by atoms with E-state index in [1.165, 1.54) is 6.07 Å². The van der Waals surface area contributed by atoms with Crippen molar-refractivity contribution >= 4 is 21.7 Å². The van der Waals surface area contributed by atoms with E-state index in [1.807, 2.05) is 0 Å². The molecule has 0 bridgehead atoms. The highest BCUT2D eigenvalue weighted by atomic mass is 32.2. The number of hydrogen-bond donors (Lipinski definition) is 2. The Morgan fingerprint density at radius 3 is 2.76 bits per heavy atom. The van der Waals surface area contributed by atoms with Gasteiger partial charge in [0.05, 0.1) is 11.5 Å². The van der Waals surface area contributed by atoms with Crippen LogP contribution < -0.4 is 15.8 Å². The van der Waals surface area contributed by atoms with E-state index < -0.39 is 15.7 Å². The zero-order chi connectivity index (χ0) is 15.5. The maximum Gasteiger partial charge on any atom is 0.255 e. The van der Waals surface area contributed by atoms with Crippen molar-refractivity contribution < 1.29 is 22.7 Å². The summed E-state index contributed by atoms with van der Waals surface area (Å²) >= 11 is 0. The lowest BCUT2D eigenvalue weighted by molar-refractivity contribution is -0.119. The molecule has 2 amide bonds. The SMILES string of the molecule is NC(=O)COc1cccc(C(=O)NC2CCS(=O)(=O)C2)c1. The van der Waals surface area contributed by atoms with Crippen LogP contribution in [-0.2, 0) is 14.6 Å². The van der Waals surface area contributed by atoms with Crippen LogP contribution in [0.25, 0.3) is 0 Å². The third kappa shape index (κ3) is 4.45. The van der Waals surface area contributed by atoms with Crippen molar-refractivity contribution in [2.24, 2.45) is 5.73 Å². The molecule has 0 spiro atoms. The van der Waals surface area contributed by atoms with E-state index in [9.17, 15) is 18.0 Å². The lowest BCUT2D eigenvalue weighted by Crippen LogP contribution is -2.35. The molecule has 2 rings (SSSR count). The quantitative estimate of drug-likeness (QED) is 0.758. The minimum atomic E-state index is -3.04. The van der Waals surface area contributed by atoms with Gasteiger partial charge in [-0.05, 0) is 24.6 Å². The summed E-state index contributed by atoms with van der Waals surface area (Å²) in [5, 5.41) is 2.68. The first-order valence-electron chi connectivity index (χ1n) is 6.38. The molecule has 1 aromatic carbocycles. The average molecular weight is 312 g/mol. The molecule has 1 fully saturated rings. The molecule has 1 aliphatic heterocycles. The number of primary amides is 1. The van der Waals surface area contributed by atoms with Crippen molar-refractivity contribution in [3.63, 3.8) is 0 Å². The van der Waals surface area contributed by atoms with Gasteiger partial charge in [0, 0.05) is 11.6 Å². The van der Waals surface area contributed by atoms with Crippen LogP contribution in [0, 0.1) is 0 Å². The molecular weight excluding hydrogens is 296 g/mol. The molecule has 8 heteroatoms. The largest absolute Gasteiger partial charge is 0.484 e. The summed E-state index contributed by atoms with van der Waals surface area (Å²) in [6.07, 6.45) is 0.423. The minimum Gasteiger partial charge on any atom is -0.484 e. The highest BCUT2D eigenvalue weighted by molar-refractivity contribution is 7.91. The van der Waals surface area contributed by atoms with E-state index in [2.05, 4.69) is 5.32 Å². The summed E-state index contributed by atoms with van der Waals surface area (Å²) in [6.45, 7) is -0.272. The van der Waals surface area contributed by atoms with Gasteiger partial charge < -0.3 is 15.8 Å². The van der Waals surface area contributed by atoms with Gasteiger partial charge >= 0.3 is 0 Å². The van der Waals surface area contributed by atoms with E-state index in [0.29, 0.717) is 17.7 Å². The number of rotatable bonds is 5. The molecule has 0 saturated carbocycles. The molecular formula is C13H16N2O5S. The number of sulfone groups is 1. The Balaban J connectivity index is 1.99. The molecule has 21 heavy (non-hydrogen) atoms. The average Bonchev–Trinajstić information content (AvgIpc) is 2.76. The number of nitrogens with two attached hydrogens (primary N) is 1. The van der Waals surface area contributed by atoms with Crippen LogP contribution in [0.2, 0.25) is 0 Å². The predicted octanol–water partition coefficient (Wildman–Crippen LogP) is -0.532. The van der Waals surface area contributed by atoms with Crippen LogP contribution in [0.3, 0.4) is 0 Å². The number of hydrogen-bond acceptors (Lipinski definition) is 5. The smallest absolute Gasteiger partial charge is 0.255 e. The van der Waals surface area contributed by atoms with E-state index in [4.69, 9.17) is 10.5 Å². The Morgan fingerprint density at radius 1 is 1.38 bits per heavy atom. The second-order valence-electron chi connectivity index (χ2n) is 4.86. The number of nitrogens with one attached hydrogen (secondary N) is 1. The van der Waals surface area contributed by atoms with Gasteiger partial charge in [-0.2, -0.15) is 0 Å². The number of ether oxygens (including phenoxy) is 1. The first-order valence-corrected chi connectivity index (χ1v) is 8.20. The number of benzene rings is 1. The number of amides is 2. The van der Waals surface area contributed by atoms with Crippen LogP contribution in [0.1, 0.15) is 16.8 Å². The van der Waals surface area contributed by atoms with Gasteiger partial charge in [-0.1, -0.05) is 6.07 Å². The van der Waals surface area contributed by atoms with Gasteiger partial charge in [0.25, 0.3) is 11.8 Å². The summed E-state index contributed by atoms with van der Waals surface area (Å²) in [5.41, 5.74) is 5.31. The Kier molecular flexibility index (Phi) is 4.46. The van der Waals surface area contributed by atoms with Crippen molar-refractivity contribution in [3.8, 4) is 5.75 Å². The molecule has 1 aliphatic rings. The number of carbonyl (C=O) groups excluding carboxylic acids is 2. The maximum absolute atomic E-state index is 12.0. The summed E-state index contributed by atoms with van der Waals surface area (Å²) in [6, 6.07) is 5.89. The first-order chi connectivity index (χ1) is 9.85. The fourth-order valence-corrected chi connectivity index (χ4v) is 3.73. The minimum absolute atomic E-state index is 0.0311. The molecule has 3 N–H and O–H groups in total. The molecule has 1 unspecified atom stereocenters. The zero-order valence-corrected chi connectivity index (χ0v) is 12.1. The van der Waals surface area contributed by atoms with Crippen molar-refractivity contribution in [1.82, 2.24) is 5.32 Å². The van der Waals surface area contributed by atoms with Gasteiger partial charge in [0.2, 0.25) is 0 Å². The van der Waals surface area contributed by atoms with Gasteiger partial charge in [-0.3, -0.25) is 9.59 Å². The summed E-state index contributed by atoms with van der Waals surface area (Å²) < 4.78 is 27.8. The molecule has 1 heterocycles. The van der Waals surface area contributed by atoms with Crippen LogP contribution in [0.15, 0.2) is 24.3 Å². The predicted molar refractivity (Wildman–Crippen MR) is 75.7 cm³/mol. The van der Waals surface area contributed by atoms with Gasteiger partial charge in [0.1, 0.15) is 5.75 Å². The highest BCUT2D eigenvalue weighted by Crippen LogP contribution is 2.15. The van der Waals surface area contributed by atoms with Crippen LogP contribution >= 0.6 is 0 Å². The van der Waals surface area contributed by atoms with Crippen LogP contribution in [0.5, 0.6) is 5.75 Å². The standard InChI is InChI=1S/C13H16N2O5S/c14-12(16)7-20-11-3-1-2-9(6-11)13(17)15-10-4-5-21(18,19)8-10/h1-3,6,10H,4-5,7-8H2,(H2,14,16)(H,15,17). The normalized spacial score (nSPS) is 19.9. The summed E-state index contributed by atoms with van der Waals surface area (Å²) in [5.74, 6) is -0.570. The maximum atomic E-state index is 12.0. The van der Waals surface area contributed by atoms with E-state index >= 15 is 0 Å². The molecule has 0 aliphatic carbocycles. The molecule has 1 atom stereocenters. The zero-order valence-electron chi connectivity index (χ0n) is 11.2. The van der Waals surface area contributed by atoms with Crippen LogP contribution in [0.4, 0.5) is 0 Å². The summed E-state index contributed by atoms with van der Waals surface area (Å²) in [4.78, 5) is 22.7. The molecule has 0 radical (unpaired) electrons. The van der Waals surface area contributed by atoms with Crippen molar-refractivity contribution in [2.75, 3.05) is 18.1 Å². The lowest BCUT2D eigenvalue weighted by Gasteiger charge is -2.11. The second kappa shape index (κ2) is 6.13. The molecule has 114 valence electrons. The molecule has 1 aromatic rings. The number of carbonyl (C=O) groups is 2. The Hall–Kier alpha value is -2.09. The Morgan fingerprint density at radius 2 is 2.14 bits per heavy atom. The fourth-order valence-electron chi connectivity index (χ4n) is 2.06. The third-order valence-electron chi connectivity index (χ3n) is 3.04. The van der Waals surface area contributed by atoms with Gasteiger partial charge in [0.15, 0.2) is 16.4 Å². The Labute approximate surface area is 122 Å². The Bertz CT molecular complexity index is 656. The van der Waals surface area contributed by atoms with Crippen molar-refractivity contribution in [1.29, 1.82) is 0 Å². The van der Waals surface area contributed by atoms with E-state index in [0.717, 1.165) is 0 Å². The first kappa shape index (κ1) is 15.3. The fraction of sp³-hybridized carbons (Fsp3) is 0.385. The van der Waals surface area contributed by atoms with E-state index in [1.54, 1.807) is 18.2 Å². The molecule has 1 saturated heterocycles. The topological polar surface area (TPSA) is 116 Å². The van der Waals surface area contributed by atoms with Crippen molar-refractivity contribution in [2.45, 2.75) is 12.5 Å². The summed E-state index contributed by atoms with van der Waals surface area (Å²) in [7, 11) is -3.04. The molecule has 7 nitrogen and oxygen atoms in total. The second-order valence-corrected chi connectivity index (χ2v) is 7.08. The third-order valence-corrected chi connectivity index (χ3v) is 4.81. The monoisotopic (exact) mass is 312 g/mol. The van der Waals surface area contributed by atoms with Crippen LogP contribution in [-0.4, -0.2) is 44.4 Å². The van der Waals surface area contributed by atoms with Gasteiger partial charge in [-0.25, -0.2) is 8.42 Å².